The van der Waals surface area contributed by atoms with Crippen molar-refractivity contribution >= 4 is 23.6 Å². The van der Waals surface area contributed by atoms with Crippen molar-refractivity contribution in [2.75, 3.05) is 18.2 Å². The Labute approximate surface area is 233 Å². The van der Waals surface area contributed by atoms with Crippen LogP contribution in [0.1, 0.15) is 43.2 Å². The molecule has 0 radical (unpaired) electrons. The monoisotopic (exact) mass is 540 g/mol. The molecule has 1 heterocycles. The molecule has 4 rings (SSSR count). The van der Waals surface area contributed by atoms with Gasteiger partial charge in [0.15, 0.2) is 11.6 Å². The van der Waals surface area contributed by atoms with E-state index in [1.54, 1.807) is 46.1 Å². The van der Waals surface area contributed by atoms with Crippen LogP contribution in [0, 0.1) is 5.82 Å². The first-order valence-electron chi connectivity index (χ1n) is 12.9. The lowest BCUT2D eigenvalue weighted by Gasteiger charge is -2.21. The van der Waals surface area contributed by atoms with Crippen molar-refractivity contribution in [3.8, 4) is 11.3 Å². The summed E-state index contributed by atoms with van der Waals surface area (Å²) in [7, 11) is 1.63. The van der Waals surface area contributed by atoms with Crippen LogP contribution in [0.3, 0.4) is 0 Å². The summed E-state index contributed by atoms with van der Waals surface area (Å²) in [5.74, 6) is -0.765. The van der Waals surface area contributed by atoms with E-state index in [9.17, 15) is 9.18 Å². The minimum atomic E-state index is -0.719. The second-order valence-corrected chi connectivity index (χ2v) is 10.3. The molecule has 7 nitrogen and oxygen atoms in total. The third-order valence-electron chi connectivity index (χ3n) is 5.81. The van der Waals surface area contributed by atoms with Gasteiger partial charge in [-0.1, -0.05) is 54.6 Å². The zero-order chi connectivity index (χ0) is 28.7. The summed E-state index contributed by atoms with van der Waals surface area (Å²) in [4.78, 5) is 22.7. The Bertz CT molecular complexity index is 1510. The predicted molar refractivity (Wildman–Crippen MR) is 156 cm³/mol. The highest BCUT2D eigenvalue weighted by molar-refractivity contribution is 5.97. The van der Waals surface area contributed by atoms with Gasteiger partial charge in [-0.25, -0.2) is 19.2 Å². The van der Waals surface area contributed by atoms with Crippen molar-refractivity contribution < 1.29 is 18.7 Å². The molecule has 0 aliphatic heterocycles. The number of esters is 1. The maximum absolute atomic E-state index is 14.9. The van der Waals surface area contributed by atoms with Crippen LogP contribution < -0.4 is 11.1 Å². The van der Waals surface area contributed by atoms with Crippen molar-refractivity contribution in [3.05, 3.63) is 113 Å². The van der Waals surface area contributed by atoms with Crippen LogP contribution in [0.4, 0.5) is 15.9 Å². The Kier molecular flexibility index (Phi) is 8.91. The topological polar surface area (TPSA) is 99.4 Å². The average Bonchev–Trinajstić information content (AvgIpc) is 2.91. The molecular formula is C32H33FN4O3. The van der Waals surface area contributed by atoms with Gasteiger partial charge in [0, 0.05) is 19.1 Å². The number of nitrogens with zero attached hydrogens (tertiary/aromatic N) is 2. The summed E-state index contributed by atoms with van der Waals surface area (Å²) < 4.78 is 25.8. The summed E-state index contributed by atoms with van der Waals surface area (Å²) in [5, 5.41) is 3.16. The van der Waals surface area contributed by atoms with Gasteiger partial charge in [0.2, 0.25) is 0 Å². The van der Waals surface area contributed by atoms with Crippen LogP contribution in [0.2, 0.25) is 0 Å². The standard InChI is InChI=1S/C32H33FN4O3/c1-32(2,3)40-31(38)27(18-22-12-8-13-23(16-22)20-39-4)37-30-26(17-21-10-6-5-7-11-21)36-28(19-35-30)24-14-9-15-25(34)29(24)33/h5-16,18-19H,17,20,34H2,1-4H3,(H,35,37)/b27-18-. The number of benzene rings is 3. The van der Waals surface area contributed by atoms with Crippen molar-refractivity contribution in [1.29, 1.82) is 0 Å². The number of methoxy groups -OCH3 is 1. The first-order chi connectivity index (χ1) is 19.1. The smallest absolute Gasteiger partial charge is 0.355 e. The molecule has 1 aromatic heterocycles. The second-order valence-electron chi connectivity index (χ2n) is 10.3. The average molecular weight is 541 g/mol. The number of halogens is 1. The highest BCUT2D eigenvalue weighted by Crippen LogP contribution is 2.28. The number of nitrogens with two attached hydrogens (primary N) is 1. The fourth-order valence-electron chi connectivity index (χ4n) is 4.03. The molecule has 0 bridgehead atoms. The van der Waals surface area contributed by atoms with Gasteiger partial charge in [-0.15, -0.1) is 0 Å². The number of rotatable bonds is 9. The van der Waals surface area contributed by atoms with Gasteiger partial charge in [-0.05, 0) is 61.7 Å². The van der Waals surface area contributed by atoms with E-state index in [1.165, 1.54) is 12.3 Å². The summed E-state index contributed by atoms with van der Waals surface area (Å²) in [6, 6.07) is 22.1. The van der Waals surface area contributed by atoms with E-state index < -0.39 is 17.4 Å². The normalized spacial score (nSPS) is 11.8. The van der Waals surface area contributed by atoms with Crippen LogP contribution in [0.15, 0.2) is 84.7 Å². The third-order valence-corrected chi connectivity index (χ3v) is 5.81. The molecule has 0 atom stereocenters. The lowest BCUT2D eigenvalue weighted by Crippen LogP contribution is -2.27. The maximum atomic E-state index is 14.9. The van der Waals surface area contributed by atoms with E-state index in [-0.39, 0.29) is 16.9 Å². The van der Waals surface area contributed by atoms with Crippen LogP contribution >= 0.6 is 0 Å². The van der Waals surface area contributed by atoms with Gasteiger partial charge in [-0.2, -0.15) is 0 Å². The van der Waals surface area contributed by atoms with Gasteiger partial charge in [0.1, 0.15) is 11.3 Å². The van der Waals surface area contributed by atoms with Crippen LogP contribution in [-0.2, 0) is 27.3 Å². The molecule has 206 valence electrons. The highest BCUT2D eigenvalue weighted by Gasteiger charge is 2.22. The Morgan fingerprint density at radius 2 is 1.75 bits per heavy atom. The molecule has 0 aliphatic carbocycles. The van der Waals surface area contributed by atoms with Gasteiger partial charge >= 0.3 is 5.97 Å². The van der Waals surface area contributed by atoms with E-state index in [4.69, 9.17) is 20.2 Å². The number of carbonyl (C=O) groups excluding carboxylic acids is 1. The van der Waals surface area contributed by atoms with Gasteiger partial charge in [0.05, 0.1) is 29.9 Å². The Morgan fingerprint density at radius 3 is 2.48 bits per heavy atom. The lowest BCUT2D eigenvalue weighted by atomic mass is 10.1. The molecule has 0 fully saturated rings. The Hall–Kier alpha value is -4.56. The first-order valence-corrected chi connectivity index (χ1v) is 12.9. The van der Waals surface area contributed by atoms with Crippen molar-refractivity contribution in [1.82, 2.24) is 9.97 Å². The number of nitrogens with one attached hydrogen (secondary N) is 1. The fourth-order valence-corrected chi connectivity index (χ4v) is 4.03. The largest absolute Gasteiger partial charge is 0.455 e. The van der Waals surface area contributed by atoms with Crippen molar-refractivity contribution in [2.24, 2.45) is 0 Å². The number of hydrogen-bond acceptors (Lipinski definition) is 7. The lowest BCUT2D eigenvalue weighted by molar-refractivity contribution is -0.149. The van der Waals surface area contributed by atoms with E-state index in [0.29, 0.717) is 30.2 Å². The number of anilines is 2. The molecule has 0 amide bonds. The summed E-state index contributed by atoms with van der Waals surface area (Å²) in [5.41, 5.74) is 9.08. The molecule has 3 aromatic carbocycles. The third kappa shape index (κ3) is 7.51. The van der Waals surface area contributed by atoms with E-state index in [0.717, 1.165) is 16.7 Å². The molecule has 0 saturated heterocycles. The van der Waals surface area contributed by atoms with Gasteiger partial charge in [-0.3, -0.25) is 0 Å². The molecule has 0 saturated carbocycles. The zero-order valence-electron chi connectivity index (χ0n) is 23.1. The number of hydrogen-bond donors (Lipinski definition) is 2. The van der Waals surface area contributed by atoms with Crippen molar-refractivity contribution in [3.63, 3.8) is 0 Å². The molecule has 4 aromatic rings. The Morgan fingerprint density at radius 1 is 1.02 bits per heavy atom. The predicted octanol–water partition coefficient (Wildman–Crippen LogP) is 6.40. The number of ether oxygens (including phenoxy) is 2. The van der Waals surface area contributed by atoms with Crippen molar-refractivity contribution in [2.45, 2.75) is 39.4 Å². The second kappa shape index (κ2) is 12.5. The number of nitrogen functional groups attached to an aromatic ring is 1. The summed E-state index contributed by atoms with van der Waals surface area (Å²) in [6.45, 7) is 5.84. The van der Waals surface area contributed by atoms with Crippen LogP contribution in [0.5, 0.6) is 0 Å². The van der Waals surface area contributed by atoms with E-state index >= 15 is 0 Å². The molecule has 0 unspecified atom stereocenters. The molecule has 40 heavy (non-hydrogen) atoms. The quantitative estimate of drug-likeness (QED) is 0.144. The molecule has 0 aliphatic rings. The minimum Gasteiger partial charge on any atom is -0.455 e. The molecule has 0 spiro atoms. The SMILES string of the molecule is COCc1cccc(/C=C(\Nc2ncc(-c3cccc(N)c3F)nc2Cc2ccccc2)C(=O)OC(C)(C)C)c1. The van der Waals surface area contributed by atoms with Crippen LogP contribution in [0.25, 0.3) is 17.3 Å². The highest BCUT2D eigenvalue weighted by atomic mass is 19.1. The first kappa shape index (κ1) is 28.4. The fraction of sp³-hybridized carbons (Fsp3) is 0.219. The van der Waals surface area contributed by atoms with Gasteiger partial charge < -0.3 is 20.5 Å². The van der Waals surface area contributed by atoms with E-state index in [1.807, 2.05) is 54.6 Å². The summed E-state index contributed by atoms with van der Waals surface area (Å²) in [6.07, 6.45) is 3.55. The zero-order valence-corrected chi connectivity index (χ0v) is 23.1. The Balaban J connectivity index is 1.79. The number of carbonyl (C=O) groups is 1. The summed E-state index contributed by atoms with van der Waals surface area (Å²) >= 11 is 0. The molecular weight excluding hydrogens is 507 g/mol. The number of aromatic nitrogens is 2. The molecule has 3 N–H and O–H groups in total. The maximum Gasteiger partial charge on any atom is 0.355 e. The van der Waals surface area contributed by atoms with Crippen LogP contribution in [-0.4, -0.2) is 28.6 Å². The molecule has 8 heteroatoms. The van der Waals surface area contributed by atoms with Gasteiger partial charge in [0.25, 0.3) is 0 Å². The minimum absolute atomic E-state index is 0.0250. The van der Waals surface area contributed by atoms with E-state index in [2.05, 4.69) is 10.3 Å².